The van der Waals surface area contributed by atoms with Crippen molar-refractivity contribution < 1.29 is 4.74 Å². The van der Waals surface area contributed by atoms with Crippen molar-refractivity contribution in [1.29, 1.82) is 0 Å². The van der Waals surface area contributed by atoms with E-state index in [2.05, 4.69) is 279 Å². The fraction of sp³-hybridized carbons (Fsp3) is 0.377. The average Bonchev–Trinajstić information content (AvgIpc) is 3.94. The minimum Gasteiger partial charge on any atom is -0.457 e. The van der Waals surface area contributed by atoms with Gasteiger partial charge >= 0.3 is 0 Å². The average molecular weight is 983 g/mol. The number of aromatic nitrogens is 2. The first-order valence-corrected chi connectivity index (χ1v) is 27.1. The molecule has 74 heavy (non-hydrogen) atoms. The number of fused-ring (bicyclic) bond motifs is 3. The van der Waals surface area contributed by atoms with Crippen molar-refractivity contribution in [2.45, 2.75) is 158 Å². The van der Waals surface area contributed by atoms with E-state index in [1.807, 2.05) is 6.20 Å². The van der Waals surface area contributed by atoms with Crippen LogP contribution in [0.25, 0.3) is 38.8 Å². The maximum atomic E-state index is 7.50. The minimum atomic E-state index is -0.395. The Morgan fingerprint density at radius 3 is 1.69 bits per heavy atom. The summed E-state index contributed by atoms with van der Waals surface area (Å²) < 4.78 is 9.85. The van der Waals surface area contributed by atoms with E-state index in [4.69, 9.17) is 9.72 Å². The zero-order chi connectivity index (χ0) is 53.4. The summed E-state index contributed by atoms with van der Waals surface area (Å²) >= 11 is 0. The van der Waals surface area contributed by atoms with Gasteiger partial charge in [0.15, 0.2) is 0 Å². The van der Waals surface area contributed by atoms with Gasteiger partial charge in [0.1, 0.15) is 17.3 Å². The standard InChI is InChI=1S/C69H82N4O/c1-44(2)55-28-24-29-56(45(3)4)63(55)46-33-51(71-42-61(68(14,15)16)72(43-71)52-36-49(66(8,9)10)35-50(37-52)67(11,12)13)39-53(34-46)74-54-40-58(69(17,18)47-25-20-19-21-26-47)64-57-27-22-23-30-59(57)73(60(64)41-54)62-38-48(31-32-70-62)65(5,6)7/h19-42,44-45H,43H2,1-18H3. The zero-order valence-corrected chi connectivity index (χ0v) is 47.9. The molecule has 9 rings (SSSR count). The number of para-hydroxylation sites is 1. The molecule has 384 valence electrons. The van der Waals surface area contributed by atoms with Crippen molar-refractivity contribution in [3.8, 4) is 28.4 Å². The van der Waals surface area contributed by atoms with E-state index >= 15 is 0 Å². The van der Waals surface area contributed by atoms with E-state index in [0.717, 1.165) is 39.6 Å². The first kappa shape index (κ1) is 52.3. The predicted octanol–water partition coefficient (Wildman–Crippen LogP) is 19.3. The Morgan fingerprint density at radius 2 is 1.09 bits per heavy atom. The van der Waals surface area contributed by atoms with E-state index in [9.17, 15) is 0 Å². The Morgan fingerprint density at radius 1 is 0.500 bits per heavy atom. The summed E-state index contributed by atoms with van der Waals surface area (Å²) in [5.41, 5.74) is 16.6. The monoisotopic (exact) mass is 983 g/mol. The normalized spacial score (nSPS) is 14.0. The number of hydrogen-bond acceptors (Lipinski definition) is 4. The summed E-state index contributed by atoms with van der Waals surface area (Å²) in [5.74, 6) is 3.09. The van der Waals surface area contributed by atoms with Gasteiger partial charge in [-0.3, -0.25) is 4.57 Å². The van der Waals surface area contributed by atoms with Crippen molar-refractivity contribution in [3.05, 3.63) is 190 Å². The summed E-state index contributed by atoms with van der Waals surface area (Å²) in [6.07, 6.45) is 4.35. The van der Waals surface area contributed by atoms with E-state index in [0.29, 0.717) is 18.5 Å². The molecule has 6 aromatic carbocycles. The van der Waals surface area contributed by atoms with Gasteiger partial charge in [-0.2, -0.15) is 0 Å². The summed E-state index contributed by atoms with van der Waals surface area (Å²) in [5, 5.41) is 2.39. The Hall–Kier alpha value is -6.59. The molecule has 0 saturated heterocycles. The van der Waals surface area contributed by atoms with Gasteiger partial charge in [0, 0.05) is 63.2 Å². The molecule has 0 saturated carbocycles. The van der Waals surface area contributed by atoms with Crippen molar-refractivity contribution in [2.24, 2.45) is 5.41 Å². The van der Waals surface area contributed by atoms with Crippen LogP contribution in [0.4, 0.5) is 11.4 Å². The van der Waals surface area contributed by atoms with Gasteiger partial charge in [0.2, 0.25) is 0 Å². The molecule has 0 N–H and O–H groups in total. The summed E-state index contributed by atoms with van der Waals surface area (Å²) in [6, 6.07) is 49.8. The highest BCUT2D eigenvalue weighted by Gasteiger charge is 2.35. The molecule has 0 spiro atoms. The number of hydrogen-bond donors (Lipinski definition) is 0. The number of rotatable bonds is 10. The molecule has 5 nitrogen and oxygen atoms in total. The lowest BCUT2D eigenvalue weighted by atomic mass is 9.76. The second-order valence-electron chi connectivity index (χ2n) is 26.4. The van der Waals surface area contributed by atoms with Crippen LogP contribution < -0.4 is 14.5 Å². The fourth-order valence-electron chi connectivity index (χ4n) is 11.0. The van der Waals surface area contributed by atoms with E-state index < -0.39 is 5.41 Å². The van der Waals surface area contributed by atoms with Crippen LogP contribution >= 0.6 is 0 Å². The van der Waals surface area contributed by atoms with Crippen LogP contribution in [-0.4, -0.2) is 16.2 Å². The topological polar surface area (TPSA) is 33.5 Å². The van der Waals surface area contributed by atoms with Crippen molar-refractivity contribution in [1.82, 2.24) is 9.55 Å². The molecule has 0 fully saturated rings. The maximum absolute atomic E-state index is 7.50. The Balaban J connectivity index is 1.29. The molecule has 3 heterocycles. The van der Waals surface area contributed by atoms with Crippen LogP contribution in [0, 0.1) is 5.41 Å². The van der Waals surface area contributed by atoms with Gasteiger partial charge < -0.3 is 14.5 Å². The molecule has 0 amide bonds. The molecule has 0 atom stereocenters. The molecule has 1 aliphatic heterocycles. The quantitative estimate of drug-likeness (QED) is 0.137. The second kappa shape index (κ2) is 19.0. The molecule has 0 bridgehead atoms. The first-order valence-electron chi connectivity index (χ1n) is 27.1. The van der Waals surface area contributed by atoms with Gasteiger partial charge in [-0.05, 0) is 127 Å². The number of anilines is 2. The van der Waals surface area contributed by atoms with E-state index in [-0.39, 0.29) is 21.7 Å². The van der Waals surface area contributed by atoms with Crippen LogP contribution in [0.3, 0.4) is 0 Å². The van der Waals surface area contributed by atoms with Crippen LogP contribution in [0.5, 0.6) is 11.5 Å². The van der Waals surface area contributed by atoms with Crippen LogP contribution in [0.15, 0.2) is 152 Å². The summed E-state index contributed by atoms with van der Waals surface area (Å²) in [6.45, 7) is 42.4. The molecular weight excluding hydrogens is 901 g/mol. The number of benzene rings is 6. The predicted molar refractivity (Wildman–Crippen MR) is 317 cm³/mol. The van der Waals surface area contributed by atoms with Crippen LogP contribution in [0.1, 0.15) is 175 Å². The molecule has 0 unspecified atom stereocenters. The highest BCUT2D eigenvalue weighted by atomic mass is 16.5. The Labute approximate surface area is 444 Å². The first-order chi connectivity index (χ1) is 34.6. The third kappa shape index (κ3) is 10.0. The lowest BCUT2D eigenvalue weighted by Crippen LogP contribution is -2.31. The molecule has 0 aliphatic carbocycles. The fourth-order valence-corrected chi connectivity index (χ4v) is 11.0. The van der Waals surface area contributed by atoms with Crippen LogP contribution in [-0.2, 0) is 21.7 Å². The lowest BCUT2D eigenvalue weighted by Gasteiger charge is -2.34. The zero-order valence-electron chi connectivity index (χ0n) is 47.9. The summed E-state index contributed by atoms with van der Waals surface area (Å²) in [4.78, 5) is 10.1. The van der Waals surface area contributed by atoms with Gasteiger partial charge in [0.25, 0.3) is 0 Å². The molecule has 0 radical (unpaired) electrons. The highest BCUT2D eigenvalue weighted by molar-refractivity contribution is 6.12. The maximum Gasteiger partial charge on any atom is 0.137 e. The smallest absolute Gasteiger partial charge is 0.137 e. The third-order valence-electron chi connectivity index (χ3n) is 15.5. The highest BCUT2D eigenvalue weighted by Crippen LogP contribution is 2.48. The van der Waals surface area contributed by atoms with E-state index in [1.54, 1.807) is 0 Å². The lowest BCUT2D eigenvalue weighted by molar-refractivity contribution is 0.481. The molecular formula is C69H82N4O. The van der Waals surface area contributed by atoms with Crippen LogP contribution in [0.2, 0.25) is 0 Å². The minimum absolute atomic E-state index is 0.0138. The van der Waals surface area contributed by atoms with E-state index in [1.165, 1.54) is 66.7 Å². The molecule has 8 aromatic rings. The number of ether oxygens (including phenoxy) is 1. The SMILES string of the molecule is CC(C)c1cccc(C(C)C)c1-c1cc(Oc2cc(C(C)(C)c3ccccc3)c3c4ccccc4n(-c4cc(C(C)(C)C)ccn4)c3c2)cc(N2C=C(C(C)(C)C)N(c3cc(C(C)(C)C)cc(C(C)(C)C)c3)C2)c1. The van der Waals surface area contributed by atoms with Crippen molar-refractivity contribution in [2.75, 3.05) is 16.5 Å². The van der Waals surface area contributed by atoms with Gasteiger partial charge in [-0.1, -0.05) is 197 Å². The molecule has 5 heteroatoms. The third-order valence-corrected chi connectivity index (χ3v) is 15.5. The van der Waals surface area contributed by atoms with Gasteiger partial charge in [-0.15, -0.1) is 0 Å². The Kier molecular flexibility index (Phi) is 13.4. The molecule has 2 aromatic heterocycles. The second-order valence-corrected chi connectivity index (χ2v) is 26.4. The van der Waals surface area contributed by atoms with Gasteiger partial charge in [-0.25, -0.2) is 4.98 Å². The molecule has 1 aliphatic rings. The van der Waals surface area contributed by atoms with Crippen molar-refractivity contribution in [3.63, 3.8) is 0 Å². The Bertz CT molecular complexity index is 3350. The van der Waals surface area contributed by atoms with Gasteiger partial charge in [0.05, 0.1) is 17.7 Å². The number of allylic oxidation sites excluding steroid dienone is 1. The summed E-state index contributed by atoms with van der Waals surface area (Å²) in [7, 11) is 0. The number of nitrogens with zero attached hydrogens (tertiary/aromatic N) is 4. The largest absolute Gasteiger partial charge is 0.457 e. The number of pyridine rings is 1. The van der Waals surface area contributed by atoms with Crippen molar-refractivity contribution >= 4 is 33.2 Å².